The van der Waals surface area contributed by atoms with Gasteiger partial charge in [-0.15, -0.1) is 0 Å². The summed E-state index contributed by atoms with van der Waals surface area (Å²) in [4.78, 5) is 15.4. The van der Waals surface area contributed by atoms with E-state index in [9.17, 15) is 0 Å². The number of hydrogen-bond donors (Lipinski definition) is 0. The molecule has 5 heteroatoms. The first-order valence-electron chi connectivity index (χ1n) is 21.4. The van der Waals surface area contributed by atoms with Crippen LogP contribution in [0.5, 0.6) is 0 Å². The summed E-state index contributed by atoms with van der Waals surface area (Å²) in [6, 6.07) is 52.3. The van der Waals surface area contributed by atoms with E-state index >= 15 is 0 Å². The lowest BCUT2D eigenvalue weighted by Crippen LogP contribution is -2.02. The number of benzene rings is 8. The summed E-state index contributed by atoms with van der Waals surface area (Å²) in [6.45, 7) is 0. The molecule has 262 valence electrons. The van der Waals surface area contributed by atoms with E-state index in [-0.39, 0.29) is 58.1 Å². The second-order valence-corrected chi connectivity index (χ2v) is 13.6. The van der Waals surface area contributed by atoms with Gasteiger partial charge in [-0.1, -0.05) is 145 Å². The molecule has 0 saturated heterocycles. The molecule has 0 radical (unpaired) electrons. The first-order chi connectivity index (χ1) is 30.2. The molecule has 0 fully saturated rings. The smallest absolute Gasteiger partial charge is 0.164 e. The van der Waals surface area contributed by atoms with Crippen molar-refractivity contribution in [2.45, 2.75) is 0 Å². The van der Waals surface area contributed by atoms with E-state index in [0.717, 1.165) is 49.7 Å². The molecule has 0 aliphatic rings. The molecule has 0 N–H and O–H groups in total. The van der Waals surface area contributed by atoms with Crippen LogP contribution < -0.4 is 0 Å². The van der Waals surface area contributed by atoms with E-state index in [1.54, 1.807) is 4.57 Å². The molecular formula is C51H33N5. The van der Waals surface area contributed by atoms with E-state index in [0.29, 0.717) is 28.7 Å². The van der Waals surface area contributed by atoms with Crippen LogP contribution in [-0.2, 0) is 0 Å². The van der Waals surface area contributed by atoms with E-state index < -0.39 is 0 Å². The standard InChI is InChI=1S/C51H33N5/c1-4-16-34(17-5-1)37-30-38(32-40(31-37)56-46-26-14-10-22-41(46)42-23-11-15-27-47(42)56)51-53-49(35-18-6-2-7-19-35)52-50(54-51)36-28-29-44-43-24-12-13-25-45(43)55(48(44)33-36)39-20-8-3-9-21-39/h1-33H/i10D,11D,22D,23D,26D,27D. The molecule has 0 saturated carbocycles. The largest absolute Gasteiger partial charge is 0.309 e. The zero-order valence-electron chi connectivity index (χ0n) is 35.8. The molecule has 11 rings (SSSR count). The van der Waals surface area contributed by atoms with E-state index in [1.165, 1.54) is 12.1 Å². The first kappa shape index (κ1) is 26.2. The number of fused-ring (bicyclic) bond motifs is 6. The Morgan fingerprint density at radius 2 is 0.857 bits per heavy atom. The Bertz CT molecular complexity index is 3520. The molecule has 11 aromatic rings. The average molecular weight is 722 g/mol. The van der Waals surface area contributed by atoms with E-state index in [1.807, 2.05) is 103 Å². The molecule has 0 atom stereocenters. The monoisotopic (exact) mass is 721 g/mol. The third-order valence-electron chi connectivity index (χ3n) is 10.3. The zero-order chi connectivity index (χ0) is 42.2. The Balaban J connectivity index is 1.20. The van der Waals surface area contributed by atoms with Crippen molar-refractivity contribution in [2.24, 2.45) is 0 Å². The lowest BCUT2D eigenvalue weighted by Gasteiger charge is -2.14. The van der Waals surface area contributed by atoms with Gasteiger partial charge >= 0.3 is 0 Å². The highest BCUT2D eigenvalue weighted by molar-refractivity contribution is 6.11. The molecule has 56 heavy (non-hydrogen) atoms. The van der Waals surface area contributed by atoms with Crippen LogP contribution in [0.1, 0.15) is 8.22 Å². The highest BCUT2D eigenvalue weighted by Gasteiger charge is 2.19. The lowest BCUT2D eigenvalue weighted by molar-refractivity contribution is 1.07. The van der Waals surface area contributed by atoms with Crippen LogP contribution in [0.25, 0.3) is 100 Å². The minimum absolute atomic E-state index is 0.0358. The van der Waals surface area contributed by atoms with Crippen LogP contribution in [-0.4, -0.2) is 24.1 Å². The molecule has 5 nitrogen and oxygen atoms in total. The zero-order valence-corrected chi connectivity index (χ0v) is 29.8. The van der Waals surface area contributed by atoms with Crippen molar-refractivity contribution in [3.05, 3.63) is 200 Å². The maximum absolute atomic E-state index is 9.14. The number of aromatic nitrogens is 5. The van der Waals surface area contributed by atoms with Gasteiger partial charge in [-0.05, 0) is 65.7 Å². The summed E-state index contributed by atoms with van der Waals surface area (Å²) in [5.41, 5.74) is 8.13. The van der Waals surface area contributed by atoms with Crippen LogP contribution in [0.15, 0.2) is 200 Å². The Labute approximate surface area is 331 Å². The lowest BCUT2D eigenvalue weighted by atomic mass is 10.0. The topological polar surface area (TPSA) is 48.5 Å². The minimum Gasteiger partial charge on any atom is -0.309 e. The predicted octanol–water partition coefficient (Wildman–Crippen LogP) is 12.7. The molecular weight excluding hydrogens is 683 g/mol. The van der Waals surface area contributed by atoms with Gasteiger partial charge in [-0.3, -0.25) is 0 Å². The fourth-order valence-electron chi connectivity index (χ4n) is 7.75. The molecule has 0 aliphatic heterocycles. The summed E-state index contributed by atoms with van der Waals surface area (Å²) in [5, 5.41) is 2.61. The molecule has 0 spiro atoms. The molecule has 0 bridgehead atoms. The van der Waals surface area contributed by atoms with Gasteiger partial charge in [0.2, 0.25) is 0 Å². The van der Waals surface area contributed by atoms with Crippen LogP contribution in [0, 0.1) is 0 Å². The molecule has 3 aromatic heterocycles. The van der Waals surface area contributed by atoms with Gasteiger partial charge in [0.05, 0.1) is 30.3 Å². The fraction of sp³-hybridized carbons (Fsp3) is 0. The highest BCUT2D eigenvalue weighted by Crippen LogP contribution is 2.38. The Morgan fingerprint density at radius 3 is 1.55 bits per heavy atom. The van der Waals surface area contributed by atoms with Gasteiger partial charge in [-0.25, -0.2) is 15.0 Å². The van der Waals surface area contributed by atoms with Crippen molar-refractivity contribution in [1.82, 2.24) is 24.1 Å². The Morgan fingerprint density at radius 1 is 0.321 bits per heavy atom. The first-order valence-corrected chi connectivity index (χ1v) is 18.4. The molecule has 3 heterocycles. The molecule has 8 aromatic carbocycles. The number of rotatable bonds is 6. The van der Waals surface area contributed by atoms with Gasteiger partial charge < -0.3 is 9.13 Å². The van der Waals surface area contributed by atoms with Crippen molar-refractivity contribution in [3.8, 4) is 56.7 Å². The average Bonchev–Trinajstić information content (AvgIpc) is 3.85. The SMILES string of the molecule is [2H]c1cc([2H])c2c(c1[2H])c1c([2H])c([2H])cc([2H])c1n2-c1cc(-c2ccccc2)cc(-c2nc(-c3ccccc3)nc(-c3ccc4c5ccccc5n(-c5ccccc5)c4c3)n2)c1. The third kappa shape index (κ3) is 5.29. The van der Waals surface area contributed by atoms with Crippen molar-refractivity contribution in [3.63, 3.8) is 0 Å². The van der Waals surface area contributed by atoms with Crippen molar-refractivity contribution >= 4 is 43.6 Å². The van der Waals surface area contributed by atoms with Crippen molar-refractivity contribution < 1.29 is 8.22 Å². The Kier molecular flexibility index (Phi) is 6.10. The van der Waals surface area contributed by atoms with Gasteiger partial charge in [0, 0.05) is 49.6 Å². The predicted molar refractivity (Wildman–Crippen MR) is 230 cm³/mol. The summed E-state index contributed by atoms with van der Waals surface area (Å²) in [5.74, 6) is 1.33. The maximum Gasteiger partial charge on any atom is 0.164 e. The van der Waals surface area contributed by atoms with E-state index in [4.69, 9.17) is 23.2 Å². The van der Waals surface area contributed by atoms with Gasteiger partial charge in [0.15, 0.2) is 17.5 Å². The van der Waals surface area contributed by atoms with Crippen LogP contribution in [0.4, 0.5) is 0 Å². The van der Waals surface area contributed by atoms with Crippen LogP contribution in [0.3, 0.4) is 0 Å². The summed E-state index contributed by atoms with van der Waals surface area (Å²) in [6.07, 6.45) is 0. The maximum atomic E-state index is 9.14. The summed E-state index contributed by atoms with van der Waals surface area (Å²) >= 11 is 0. The third-order valence-corrected chi connectivity index (χ3v) is 10.3. The van der Waals surface area contributed by atoms with Gasteiger partial charge in [-0.2, -0.15) is 0 Å². The van der Waals surface area contributed by atoms with Crippen LogP contribution in [0.2, 0.25) is 0 Å². The summed E-state index contributed by atoms with van der Waals surface area (Å²) in [7, 11) is 0. The van der Waals surface area contributed by atoms with Gasteiger partial charge in [0.25, 0.3) is 0 Å². The molecule has 0 aliphatic carbocycles. The van der Waals surface area contributed by atoms with E-state index in [2.05, 4.69) is 53.1 Å². The van der Waals surface area contributed by atoms with Gasteiger partial charge in [0.1, 0.15) is 0 Å². The summed E-state index contributed by atoms with van der Waals surface area (Å²) < 4.78 is 57.2. The number of hydrogen-bond acceptors (Lipinski definition) is 3. The molecule has 0 amide bonds. The molecule has 0 unspecified atom stereocenters. The van der Waals surface area contributed by atoms with Crippen LogP contribution >= 0.6 is 0 Å². The number of para-hydroxylation sites is 4. The highest BCUT2D eigenvalue weighted by atomic mass is 15.0. The normalized spacial score (nSPS) is 13.1. The quantitative estimate of drug-likeness (QED) is 0.172. The van der Waals surface area contributed by atoms with Crippen molar-refractivity contribution in [1.29, 1.82) is 0 Å². The Hall–Kier alpha value is -7.63. The minimum atomic E-state index is -0.171. The number of nitrogens with zero attached hydrogens (tertiary/aromatic N) is 5. The second kappa shape index (κ2) is 13.0. The fourth-order valence-corrected chi connectivity index (χ4v) is 7.75. The van der Waals surface area contributed by atoms with Crippen molar-refractivity contribution in [2.75, 3.05) is 0 Å². The second-order valence-electron chi connectivity index (χ2n) is 13.6.